The summed E-state index contributed by atoms with van der Waals surface area (Å²) in [6, 6.07) is 23.4. The maximum Gasteiger partial charge on any atom is 0.0674 e. The number of para-hydroxylation sites is 2. The van der Waals surface area contributed by atoms with Crippen molar-refractivity contribution in [2.45, 2.75) is 0 Å². The van der Waals surface area contributed by atoms with Gasteiger partial charge in [-0.05, 0) is 57.8 Å². The summed E-state index contributed by atoms with van der Waals surface area (Å²) in [5.74, 6) is 0. The van der Waals surface area contributed by atoms with Crippen LogP contribution in [0, 0.1) is 9.26 Å². The van der Waals surface area contributed by atoms with E-state index in [0.29, 0.717) is 0 Å². The molecule has 1 heterocycles. The largest absolute Gasteiger partial charge is 0.308 e. The number of halogens is 1. The first kappa shape index (κ1) is 14.6. The van der Waals surface area contributed by atoms with Crippen LogP contribution in [0.1, 0.15) is 5.56 Å². The second kappa shape index (κ2) is 5.93. The van der Waals surface area contributed by atoms with Crippen molar-refractivity contribution in [2.75, 3.05) is 0 Å². The minimum atomic E-state index is 0.779. The Labute approximate surface area is 151 Å². The maximum atomic E-state index is 5.75. The third kappa shape index (κ3) is 2.32. The molecule has 0 atom stereocenters. The van der Waals surface area contributed by atoms with Crippen molar-refractivity contribution in [2.24, 2.45) is 0 Å². The number of benzene rings is 3. The molecule has 4 aromatic rings. The highest BCUT2D eigenvalue weighted by Crippen LogP contribution is 2.35. The summed E-state index contributed by atoms with van der Waals surface area (Å²) in [6.45, 7) is 0. The van der Waals surface area contributed by atoms with E-state index in [2.05, 4.69) is 99.3 Å². The van der Waals surface area contributed by atoms with Gasteiger partial charge in [0.1, 0.15) is 0 Å². The molecule has 0 radical (unpaired) electrons. The van der Waals surface area contributed by atoms with Gasteiger partial charge in [-0.1, -0.05) is 42.5 Å². The van der Waals surface area contributed by atoms with Crippen LogP contribution < -0.4 is 0 Å². The Hall–Kier alpha value is -1.94. The van der Waals surface area contributed by atoms with E-state index in [0.717, 1.165) is 10.8 Å². The summed E-state index contributed by atoms with van der Waals surface area (Å²) in [4.78, 5) is 0. The van der Waals surface area contributed by atoms with Crippen molar-refractivity contribution >= 4 is 60.5 Å². The summed E-state index contributed by atoms with van der Waals surface area (Å²) in [5.41, 5.74) is 10.6. The molecule has 23 heavy (non-hydrogen) atoms. The van der Waals surface area contributed by atoms with Gasteiger partial charge >= 0.3 is 0 Å². The van der Waals surface area contributed by atoms with Crippen LogP contribution in [0.5, 0.6) is 0 Å². The summed E-state index contributed by atoms with van der Waals surface area (Å²) < 4.78 is 3.59. The van der Waals surface area contributed by atoms with Crippen LogP contribution >= 0.6 is 33.3 Å². The zero-order valence-corrected chi connectivity index (χ0v) is 15.3. The molecule has 0 spiro atoms. The van der Waals surface area contributed by atoms with E-state index in [4.69, 9.17) is 5.69 Å². The summed E-state index contributed by atoms with van der Waals surface area (Å²) >= 11 is 2.42. The van der Waals surface area contributed by atoms with Gasteiger partial charge in [0.25, 0.3) is 0 Å². The normalized spacial score (nSPS) is 11.0. The Morgan fingerprint density at radius 3 is 2.48 bits per heavy atom. The molecule has 112 valence electrons. The fourth-order valence-corrected chi connectivity index (χ4v) is 4.25. The molecule has 0 fully saturated rings. The van der Waals surface area contributed by atoms with Crippen molar-refractivity contribution in [1.82, 2.24) is 4.57 Å². The van der Waals surface area contributed by atoms with Crippen LogP contribution in [-0.2, 0) is 0 Å². The number of thiol groups is 1. The van der Waals surface area contributed by atoms with E-state index in [1.807, 2.05) is 0 Å². The molecule has 0 N–H and O–H groups in total. The van der Waals surface area contributed by atoms with E-state index in [1.165, 1.54) is 36.6 Å². The van der Waals surface area contributed by atoms with Crippen molar-refractivity contribution in [3.8, 4) is 11.4 Å². The van der Waals surface area contributed by atoms with E-state index in [1.54, 1.807) is 0 Å². The second-order valence-corrected chi connectivity index (χ2v) is 7.05. The number of nitrogens with zero attached hydrogens (tertiary/aromatic N) is 1. The van der Waals surface area contributed by atoms with Crippen LogP contribution in [-0.4, -0.2) is 9.93 Å². The number of rotatable bonds is 2. The minimum Gasteiger partial charge on any atom is -0.308 e. The van der Waals surface area contributed by atoms with Gasteiger partial charge in [-0.3, -0.25) is 0 Å². The van der Waals surface area contributed by atoms with Gasteiger partial charge in [-0.15, -0.1) is 5.69 Å². The first-order valence-electron chi connectivity index (χ1n) is 7.31. The van der Waals surface area contributed by atoms with Gasteiger partial charge < -0.3 is 4.57 Å². The predicted molar refractivity (Wildman–Crippen MR) is 113 cm³/mol. The van der Waals surface area contributed by atoms with E-state index < -0.39 is 0 Å². The van der Waals surface area contributed by atoms with Crippen LogP contribution in [0.2, 0.25) is 0 Å². The predicted octanol–water partition coefficient (Wildman–Crippen LogP) is 5.59. The van der Waals surface area contributed by atoms with E-state index in [-0.39, 0.29) is 0 Å². The average molecular weight is 427 g/mol. The molecule has 0 amide bonds. The molecule has 0 unspecified atom stereocenters. The lowest BCUT2D eigenvalue weighted by atomic mass is 10.1. The van der Waals surface area contributed by atoms with Gasteiger partial charge in [0, 0.05) is 20.0 Å². The third-order valence-corrected chi connectivity index (χ3v) is 5.32. The smallest absolute Gasteiger partial charge is 0.0674 e. The van der Waals surface area contributed by atoms with Crippen molar-refractivity contribution in [3.05, 3.63) is 75.9 Å². The summed E-state index contributed by atoms with van der Waals surface area (Å²) in [7, 11) is 0.779. The van der Waals surface area contributed by atoms with Crippen molar-refractivity contribution in [1.29, 1.82) is 0 Å². The number of aromatic nitrogens is 1. The van der Waals surface area contributed by atoms with Gasteiger partial charge in [-0.2, -0.15) is 10.8 Å². The first-order valence-corrected chi connectivity index (χ1v) is 9.43. The Kier molecular flexibility index (Phi) is 3.77. The lowest BCUT2D eigenvalue weighted by Gasteiger charge is -2.08. The molecule has 1 nitrogen and oxygen atoms in total. The lowest BCUT2D eigenvalue weighted by Crippen LogP contribution is -1.94. The molecule has 0 aliphatic carbocycles. The molecule has 4 rings (SSSR count). The van der Waals surface area contributed by atoms with Gasteiger partial charge in [-0.25, -0.2) is 0 Å². The molecule has 1 aromatic heterocycles. The third-order valence-electron chi connectivity index (χ3n) is 4.02. The Bertz CT molecular complexity index is 1120. The Balaban J connectivity index is 2.29. The average Bonchev–Trinajstić information content (AvgIpc) is 2.93. The highest BCUT2D eigenvalue weighted by molar-refractivity contribution is 14.1. The number of hydrogen-bond acceptors (Lipinski definition) is 0. The second-order valence-electron chi connectivity index (χ2n) is 5.33. The van der Waals surface area contributed by atoms with Crippen molar-refractivity contribution in [3.63, 3.8) is 0 Å². The van der Waals surface area contributed by atoms with Crippen LogP contribution in [0.25, 0.3) is 27.5 Å². The maximum absolute atomic E-state index is 5.75. The number of hydrogen-bond donors (Lipinski definition) is 1. The Morgan fingerprint density at radius 2 is 1.70 bits per heavy atom. The zero-order chi connectivity index (χ0) is 15.8. The van der Waals surface area contributed by atoms with Crippen molar-refractivity contribution < 1.29 is 0 Å². The molecule has 0 aliphatic heterocycles. The first-order chi connectivity index (χ1) is 11.3. The molecular weight excluding hydrogens is 413 g/mol. The monoisotopic (exact) mass is 427 g/mol. The van der Waals surface area contributed by atoms with Crippen LogP contribution in [0.15, 0.2) is 66.7 Å². The minimum absolute atomic E-state index is 0.779. The van der Waals surface area contributed by atoms with E-state index >= 15 is 0 Å². The summed E-state index contributed by atoms with van der Waals surface area (Å²) in [6.07, 6.45) is 0. The SMILES string of the molecule is C#[SH]=Cc1cccc2c1c1cccc(I)c1n2-c1ccccc1. The lowest BCUT2D eigenvalue weighted by molar-refractivity contribution is 1.17. The molecule has 3 aromatic carbocycles. The highest BCUT2D eigenvalue weighted by atomic mass is 127. The van der Waals surface area contributed by atoms with E-state index in [9.17, 15) is 0 Å². The standard InChI is InChI=1S/C20H14INS/c1-23-13-14-7-5-12-18-19(14)16-10-6-11-17(21)20(16)22(18)15-8-3-2-4-9-15/h1-13,23H. The van der Waals surface area contributed by atoms with Gasteiger partial charge in [0.05, 0.1) is 11.0 Å². The van der Waals surface area contributed by atoms with Gasteiger partial charge in [0.15, 0.2) is 0 Å². The highest BCUT2D eigenvalue weighted by Gasteiger charge is 2.15. The zero-order valence-electron chi connectivity index (χ0n) is 12.3. The van der Waals surface area contributed by atoms with Crippen LogP contribution in [0.4, 0.5) is 0 Å². The molecular formula is C20H14INS. The fraction of sp³-hybridized carbons (Fsp3) is 0. The summed E-state index contributed by atoms with van der Waals surface area (Å²) in [5, 5.41) is 4.60. The molecule has 3 heteroatoms. The molecule has 0 aliphatic rings. The number of fused-ring (bicyclic) bond motifs is 3. The quantitative estimate of drug-likeness (QED) is 0.242. The van der Waals surface area contributed by atoms with Gasteiger partial charge in [0.2, 0.25) is 0 Å². The topological polar surface area (TPSA) is 4.93 Å². The Morgan fingerprint density at radius 1 is 0.913 bits per heavy atom. The fourth-order valence-electron chi connectivity index (χ4n) is 3.14. The molecule has 0 saturated heterocycles. The van der Waals surface area contributed by atoms with Crippen LogP contribution in [0.3, 0.4) is 0 Å². The molecule has 0 bridgehead atoms. The molecule has 0 saturated carbocycles.